The van der Waals surface area contributed by atoms with Crippen LogP contribution in [0.2, 0.25) is 0 Å². The number of anilines is 2. The van der Waals surface area contributed by atoms with Gasteiger partial charge >= 0.3 is 0 Å². The molecular formula is C18H15BrN2O3. The molecule has 2 aromatic carbocycles. The third-order valence-corrected chi connectivity index (χ3v) is 3.95. The monoisotopic (exact) mass is 386 g/mol. The third-order valence-electron chi connectivity index (χ3n) is 3.46. The summed E-state index contributed by atoms with van der Waals surface area (Å²) in [6, 6.07) is 12.7. The van der Waals surface area contributed by atoms with Gasteiger partial charge in [-0.05, 0) is 42.5 Å². The maximum Gasteiger partial charge on any atom is 0.228 e. The Kier molecular flexibility index (Phi) is 4.66. The Morgan fingerprint density at radius 2 is 1.71 bits per heavy atom. The average Bonchev–Trinajstić information content (AvgIpc) is 2.91. The van der Waals surface area contributed by atoms with Gasteiger partial charge < -0.3 is 15.1 Å². The Labute approximate surface area is 147 Å². The standard InChI is InChI=1S/C18H15BrN2O3/c1-11(22)20-14-3-5-15(6-4-14)21-18(23)8-12-10-24-17-7-2-13(19)9-16(12)17/h2-7,9-10H,8H2,1H3,(H,20,22)(H,21,23). The van der Waals surface area contributed by atoms with Gasteiger partial charge in [0.15, 0.2) is 0 Å². The third kappa shape index (κ3) is 3.83. The van der Waals surface area contributed by atoms with Gasteiger partial charge in [0.2, 0.25) is 11.8 Å². The van der Waals surface area contributed by atoms with E-state index in [0.29, 0.717) is 11.4 Å². The molecule has 1 aromatic heterocycles. The van der Waals surface area contributed by atoms with Crippen molar-refractivity contribution < 1.29 is 14.0 Å². The van der Waals surface area contributed by atoms with Gasteiger partial charge in [0, 0.05) is 33.7 Å². The lowest BCUT2D eigenvalue weighted by Crippen LogP contribution is -2.14. The summed E-state index contributed by atoms with van der Waals surface area (Å²) in [7, 11) is 0. The van der Waals surface area contributed by atoms with Gasteiger partial charge in [0.25, 0.3) is 0 Å². The van der Waals surface area contributed by atoms with Crippen LogP contribution in [0, 0.1) is 0 Å². The molecule has 0 aliphatic carbocycles. The summed E-state index contributed by atoms with van der Waals surface area (Å²) in [5.41, 5.74) is 2.94. The van der Waals surface area contributed by atoms with Crippen molar-refractivity contribution in [3.63, 3.8) is 0 Å². The van der Waals surface area contributed by atoms with Crippen LogP contribution in [0.5, 0.6) is 0 Å². The van der Waals surface area contributed by atoms with Gasteiger partial charge in [-0.1, -0.05) is 15.9 Å². The van der Waals surface area contributed by atoms with Crippen molar-refractivity contribution in [3.8, 4) is 0 Å². The van der Waals surface area contributed by atoms with E-state index in [2.05, 4.69) is 26.6 Å². The normalized spacial score (nSPS) is 10.6. The number of nitrogens with one attached hydrogen (secondary N) is 2. The summed E-state index contributed by atoms with van der Waals surface area (Å²) >= 11 is 3.42. The van der Waals surface area contributed by atoms with Crippen LogP contribution in [-0.2, 0) is 16.0 Å². The van der Waals surface area contributed by atoms with Crippen molar-refractivity contribution >= 4 is 50.1 Å². The van der Waals surface area contributed by atoms with E-state index < -0.39 is 0 Å². The molecule has 2 amide bonds. The minimum Gasteiger partial charge on any atom is -0.464 e. The van der Waals surface area contributed by atoms with Crippen molar-refractivity contribution in [2.45, 2.75) is 13.3 Å². The van der Waals surface area contributed by atoms with Gasteiger partial charge in [-0.2, -0.15) is 0 Å². The number of hydrogen-bond donors (Lipinski definition) is 2. The molecule has 0 aliphatic heterocycles. The number of furan rings is 1. The Bertz CT molecular complexity index is 900. The largest absolute Gasteiger partial charge is 0.464 e. The topological polar surface area (TPSA) is 71.3 Å². The molecule has 6 heteroatoms. The second-order valence-corrected chi connectivity index (χ2v) is 6.30. The van der Waals surface area contributed by atoms with Gasteiger partial charge in [-0.25, -0.2) is 0 Å². The molecule has 0 atom stereocenters. The number of carbonyl (C=O) groups is 2. The van der Waals surface area contributed by atoms with E-state index in [9.17, 15) is 9.59 Å². The number of rotatable bonds is 4. The Morgan fingerprint density at radius 1 is 1.04 bits per heavy atom. The fraction of sp³-hybridized carbons (Fsp3) is 0.111. The number of halogens is 1. The zero-order chi connectivity index (χ0) is 17.1. The highest BCUT2D eigenvalue weighted by atomic mass is 79.9. The van der Waals surface area contributed by atoms with Gasteiger partial charge in [-0.3, -0.25) is 9.59 Å². The Morgan fingerprint density at radius 3 is 2.38 bits per heavy atom. The van der Waals surface area contributed by atoms with Crippen LogP contribution in [0.4, 0.5) is 11.4 Å². The number of hydrogen-bond acceptors (Lipinski definition) is 3. The van der Waals surface area contributed by atoms with Gasteiger partial charge in [0.1, 0.15) is 5.58 Å². The molecule has 0 bridgehead atoms. The summed E-state index contributed by atoms with van der Waals surface area (Å²) in [6.45, 7) is 1.45. The molecule has 3 aromatic rings. The first kappa shape index (κ1) is 16.3. The van der Waals surface area contributed by atoms with Crippen LogP contribution in [0.3, 0.4) is 0 Å². The van der Waals surface area contributed by atoms with E-state index in [1.54, 1.807) is 30.5 Å². The number of benzene rings is 2. The first-order valence-corrected chi connectivity index (χ1v) is 8.14. The first-order valence-electron chi connectivity index (χ1n) is 7.34. The van der Waals surface area contributed by atoms with Crippen molar-refractivity contribution in [3.05, 3.63) is 58.8 Å². The lowest BCUT2D eigenvalue weighted by molar-refractivity contribution is -0.116. The van der Waals surface area contributed by atoms with Crippen molar-refractivity contribution in [2.75, 3.05) is 10.6 Å². The second kappa shape index (κ2) is 6.88. The van der Waals surface area contributed by atoms with Crippen LogP contribution in [0.1, 0.15) is 12.5 Å². The van der Waals surface area contributed by atoms with E-state index in [0.717, 1.165) is 21.0 Å². The molecular weight excluding hydrogens is 372 g/mol. The summed E-state index contributed by atoms with van der Waals surface area (Å²) in [5, 5.41) is 6.43. The molecule has 0 radical (unpaired) electrons. The number of amides is 2. The van der Waals surface area contributed by atoms with Crippen molar-refractivity contribution in [2.24, 2.45) is 0 Å². The smallest absolute Gasteiger partial charge is 0.228 e. The van der Waals surface area contributed by atoms with Crippen LogP contribution in [0.25, 0.3) is 11.0 Å². The van der Waals surface area contributed by atoms with Crippen LogP contribution < -0.4 is 10.6 Å². The quantitative estimate of drug-likeness (QED) is 0.700. The molecule has 122 valence electrons. The van der Waals surface area contributed by atoms with Gasteiger partial charge in [0.05, 0.1) is 12.7 Å². The first-order chi connectivity index (χ1) is 11.5. The lowest BCUT2D eigenvalue weighted by atomic mass is 10.1. The molecule has 2 N–H and O–H groups in total. The molecule has 24 heavy (non-hydrogen) atoms. The van der Waals surface area contributed by atoms with Crippen LogP contribution >= 0.6 is 15.9 Å². The highest BCUT2D eigenvalue weighted by Crippen LogP contribution is 2.25. The van der Waals surface area contributed by atoms with E-state index in [1.807, 2.05) is 18.2 Å². The summed E-state index contributed by atoms with van der Waals surface area (Å²) in [5.74, 6) is -0.269. The number of fused-ring (bicyclic) bond motifs is 1. The van der Waals surface area contributed by atoms with E-state index in [4.69, 9.17) is 4.42 Å². The maximum absolute atomic E-state index is 12.2. The molecule has 0 unspecified atom stereocenters. The predicted molar refractivity (Wildman–Crippen MR) is 97.0 cm³/mol. The highest BCUT2D eigenvalue weighted by molar-refractivity contribution is 9.10. The summed E-state index contributed by atoms with van der Waals surface area (Å²) < 4.78 is 6.40. The second-order valence-electron chi connectivity index (χ2n) is 5.38. The molecule has 0 saturated heterocycles. The fourth-order valence-corrected chi connectivity index (χ4v) is 2.77. The van der Waals surface area contributed by atoms with Crippen LogP contribution in [-0.4, -0.2) is 11.8 Å². The van der Waals surface area contributed by atoms with Crippen LogP contribution in [0.15, 0.2) is 57.6 Å². The molecule has 1 heterocycles. The van der Waals surface area contributed by atoms with Crippen molar-refractivity contribution in [1.29, 1.82) is 0 Å². The van der Waals surface area contributed by atoms with Crippen molar-refractivity contribution in [1.82, 2.24) is 0 Å². The molecule has 5 nitrogen and oxygen atoms in total. The summed E-state index contributed by atoms with van der Waals surface area (Å²) in [6.07, 6.45) is 1.83. The average molecular weight is 387 g/mol. The zero-order valence-corrected chi connectivity index (χ0v) is 14.5. The minimum absolute atomic E-state index is 0.134. The van der Waals surface area contributed by atoms with E-state index in [-0.39, 0.29) is 18.2 Å². The van der Waals surface area contributed by atoms with Gasteiger partial charge in [-0.15, -0.1) is 0 Å². The SMILES string of the molecule is CC(=O)Nc1ccc(NC(=O)Cc2coc3ccc(Br)cc23)cc1. The molecule has 3 rings (SSSR count). The Hall–Kier alpha value is -2.60. The predicted octanol–water partition coefficient (Wildman–Crippen LogP) is 4.33. The van der Waals surface area contributed by atoms with E-state index in [1.165, 1.54) is 6.92 Å². The molecule has 0 aliphatic rings. The summed E-state index contributed by atoms with van der Waals surface area (Å²) in [4.78, 5) is 23.2. The van der Waals surface area contributed by atoms with E-state index >= 15 is 0 Å². The molecule has 0 fully saturated rings. The Balaban J connectivity index is 1.68. The molecule has 0 saturated carbocycles. The highest BCUT2D eigenvalue weighted by Gasteiger charge is 2.11. The molecule has 0 spiro atoms. The number of carbonyl (C=O) groups excluding carboxylic acids is 2. The maximum atomic E-state index is 12.2. The minimum atomic E-state index is -0.134. The lowest BCUT2D eigenvalue weighted by Gasteiger charge is -2.06. The zero-order valence-electron chi connectivity index (χ0n) is 12.9. The fourth-order valence-electron chi connectivity index (χ4n) is 2.41.